The molecule has 1 aliphatic rings. The molecule has 5 heteroatoms. The van der Waals surface area contributed by atoms with E-state index in [9.17, 15) is 8.42 Å². The average Bonchev–Trinajstić information content (AvgIpc) is 3.24. The van der Waals surface area contributed by atoms with Crippen LogP contribution in [0.3, 0.4) is 0 Å². The molecule has 1 fully saturated rings. The minimum Gasteiger partial charge on any atom is -0.212 e. The molecule has 112 valence electrons. The van der Waals surface area contributed by atoms with E-state index in [-0.39, 0.29) is 11.8 Å². The number of hydrogen-bond acceptors (Lipinski definition) is 2. The number of alkyl halides is 1. The van der Waals surface area contributed by atoms with Gasteiger partial charge in [0, 0.05) is 18.5 Å². The highest BCUT2D eigenvalue weighted by molar-refractivity contribution is 7.88. The Kier molecular flexibility index (Phi) is 5.47. The summed E-state index contributed by atoms with van der Waals surface area (Å²) >= 11 is 5.74. The fourth-order valence-electron chi connectivity index (χ4n) is 2.24. The van der Waals surface area contributed by atoms with Crippen LogP contribution in [0.2, 0.25) is 0 Å². The molecule has 1 aromatic carbocycles. The Morgan fingerprint density at radius 1 is 1.20 bits per heavy atom. The molecule has 2 rings (SSSR count). The molecule has 3 nitrogen and oxygen atoms in total. The van der Waals surface area contributed by atoms with Crippen molar-refractivity contribution in [2.45, 2.75) is 50.3 Å². The SMILES string of the molecule is CCCCN(C1CC1)S(=O)(=O)Cc1ccc(CCl)cc1. The first-order valence-corrected chi connectivity index (χ1v) is 9.34. The lowest BCUT2D eigenvalue weighted by Gasteiger charge is -2.21. The predicted molar refractivity (Wildman–Crippen MR) is 83.3 cm³/mol. The molecule has 0 aliphatic heterocycles. The molecule has 0 unspecified atom stereocenters. The number of halogens is 1. The lowest BCUT2D eigenvalue weighted by atomic mass is 10.2. The summed E-state index contributed by atoms with van der Waals surface area (Å²) in [5, 5.41) is 0. The zero-order chi connectivity index (χ0) is 14.6. The zero-order valence-corrected chi connectivity index (χ0v) is 13.5. The third kappa shape index (κ3) is 4.21. The topological polar surface area (TPSA) is 37.4 Å². The Bertz CT molecular complexity index is 523. The summed E-state index contributed by atoms with van der Waals surface area (Å²) in [6.45, 7) is 2.74. The molecule has 0 spiro atoms. The maximum Gasteiger partial charge on any atom is 0.218 e. The van der Waals surface area contributed by atoms with Crippen LogP contribution in [0.25, 0.3) is 0 Å². The first-order chi connectivity index (χ1) is 9.56. The van der Waals surface area contributed by atoms with E-state index in [0.29, 0.717) is 12.4 Å². The fourth-order valence-corrected chi connectivity index (χ4v) is 4.27. The van der Waals surface area contributed by atoms with Crippen molar-refractivity contribution in [3.05, 3.63) is 35.4 Å². The van der Waals surface area contributed by atoms with Gasteiger partial charge in [-0.2, -0.15) is 4.31 Å². The van der Waals surface area contributed by atoms with Gasteiger partial charge in [-0.05, 0) is 30.4 Å². The van der Waals surface area contributed by atoms with Gasteiger partial charge in [-0.15, -0.1) is 11.6 Å². The van der Waals surface area contributed by atoms with Crippen LogP contribution in [0, 0.1) is 0 Å². The van der Waals surface area contributed by atoms with Crippen molar-refractivity contribution in [2.75, 3.05) is 6.54 Å². The van der Waals surface area contributed by atoms with Gasteiger partial charge < -0.3 is 0 Å². The second-order valence-corrected chi connectivity index (χ2v) is 7.59. The summed E-state index contributed by atoms with van der Waals surface area (Å²) in [5.41, 5.74) is 1.85. The molecule has 0 aromatic heterocycles. The second kappa shape index (κ2) is 6.92. The van der Waals surface area contributed by atoms with Crippen molar-refractivity contribution in [3.8, 4) is 0 Å². The van der Waals surface area contributed by atoms with Crippen LogP contribution in [-0.4, -0.2) is 25.3 Å². The van der Waals surface area contributed by atoms with E-state index in [1.54, 1.807) is 4.31 Å². The van der Waals surface area contributed by atoms with Crippen molar-refractivity contribution in [2.24, 2.45) is 0 Å². The molecule has 1 saturated carbocycles. The molecular formula is C15H22ClNO2S. The van der Waals surface area contributed by atoms with E-state index in [1.165, 1.54) is 0 Å². The smallest absolute Gasteiger partial charge is 0.212 e. The summed E-state index contributed by atoms with van der Waals surface area (Å²) < 4.78 is 26.8. The van der Waals surface area contributed by atoms with Gasteiger partial charge in [-0.3, -0.25) is 0 Å². The second-order valence-electron chi connectivity index (χ2n) is 5.40. The lowest BCUT2D eigenvalue weighted by molar-refractivity contribution is 0.395. The number of unbranched alkanes of at least 4 members (excludes halogenated alkanes) is 1. The van der Waals surface area contributed by atoms with E-state index in [0.717, 1.165) is 36.8 Å². The predicted octanol–water partition coefficient (Wildman–Crippen LogP) is 3.52. The summed E-state index contributed by atoms with van der Waals surface area (Å²) in [5.74, 6) is 0.549. The highest BCUT2D eigenvalue weighted by Crippen LogP contribution is 2.30. The molecular weight excluding hydrogens is 294 g/mol. The molecule has 0 heterocycles. The maximum absolute atomic E-state index is 12.5. The van der Waals surface area contributed by atoms with E-state index in [1.807, 2.05) is 24.3 Å². The quantitative estimate of drug-likeness (QED) is 0.688. The molecule has 1 aromatic rings. The standard InChI is InChI=1S/C15H22ClNO2S/c1-2-3-10-17(15-8-9-15)20(18,19)12-14-6-4-13(11-16)5-7-14/h4-7,15H,2-3,8-12H2,1H3. The molecule has 0 radical (unpaired) electrons. The molecule has 0 bridgehead atoms. The zero-order valence-electron chi connectivity index (χ0n) is 11.9. The van der Waals surface area contributed by atoms with Crippen LogP contribution in [-0.2, 0) is 21.7 Å². The maximum atomic E-state index is 12.5. The summed E-state index contributed by atoms with van der Waals surface area (Å²) in [6.07, 6.45) is 3.96. The van der Waals surface area contributed by atoms with Gasteiger partial charge in [0.05, 0.1) is 5.75 Å². The Morgan fingerprint density at radius 2 is 1.80 bits per heavy atom. The Morgan fingerprint density at radius 3 is 2.30 bits per heavy atom. The van der Waals surface area contributed by atoms with Crippen LogP contribution >= 0.6 is 11.6 Å². The number of nitrogens with zero attached hydrogens (tertiary/aromatic N) is 1. The van der Waals surface area contributed by atoms with Gasteiger partial charge in [0.1, 0.15) is 0 Å². The van der Waals surface area contributed by atoms with Crippen LogP contribution in [0.4, 0.5) is 0 Å². The first kappa shape index (κ1) is 15.8. The van der Waals surface area contributed by atoms with Crippen LogP contribution in [0.1, 0.15) is 43.7 Å². The number of hydrogen-bond donors (Lipinski definition) is 0. The summed E-state index contributed by atoms with van der Waals surface area (Å²) in [4.78, 5) is 0. The van der Waals surface area contributed by atoms with E-state index in [2.05, 4.69) is 6.92 Å². The minimum atomic E-state index is -3.20. The first-order valence-electron chi connectivity index (χ1n) is 7.20. The van der Waals surface area contributed by atoms with Crippen molar-refractivity contribution in [1.29, 1.82) is 0 Å². The van der Waals surface area contributed by atoms with E-state index < -0.39 is 10.0 Å². The van der Waals surface area contributed by atoms with Crippen molar-refractivity contribution < 1.29 is 8.42 Å². The van der Waals surface area contributed by atoms with Gasteiger partial charge in [-0.25, -0.2) is 8.42 Å². The van der Waals surface area contributed by atoms with Crippen molar-refractivity contribution >= 4 is 21.6 Å². The fraction of sp³-hybridized carbons (Fsp3) is 0.600. The van der Waals surface area contributed by atoms with Crippen molar-refractivity contribution in [1.82, 2.24) is 4.31 Å². The van der Waals surface area contributed by atoms with Crippen LogP contribution in [0.5, 0.6) is 0 Å². The molecule has 0 saturated heterocycles. The van der Waals surface area contributed by atoms with Crippen molar-refractivity contribution in [3.63, 3.8) is 0 Å². The minimum absolute atomic E-state index is 0.0930. The summed E-state index contributed by atoms with van der Waals surface area (Å²) in [7, 11) is -3.20. The molecule has 1 aliphatic carbocycles. The number of sulfonamides is 1. The van der Waals surface area contributed by atoms with Crippen LogP contribution in [0.15, 0.2) is 24.3 Å². The van der Waals surface area contributed by atoms with Gasteiger partial charge in [0.2, 0.25) is 10.0 Å². The summed E-state index contributed by atoms with van der Waals surface area (Å²) in [6, 6.07) is 7.76. The van der Waals surface area contributed by atoms with Gasteiger partial charge in [0.25, 0.3) is 0 Å². The normalized spacial score (nSPS) is 15.8. The Balaban J connectivity index is 2.07. The van der Waals surface area contributed by atoms with Gasteiger partial charge in [0.15, 0.2) is 0 Å². The average molecular weight is 316 g/mol. The van der Waals surface area contributed by atoms with E-state index in [4.69, 9.17) is 11.6 Å². The third-order valence-electron chi connectivity index (χ3n) is 3.57. The molecule has 0 amide bonds. The largest absolute Gasteiger partial charge is 0.218 e. The molecule has 0 N–H and O–H groups in total. The molecule has 0 atom stereocenters. The third-order valence-corrected chi connectivity index (χ3v) is 5.77. The Labute approximate surface area is 127 Å². The van der Waals surface area contributed by atoms with Gasteiger partial charge in [-0.1, -0.05) is 37.6 Å². The van der Waals surface area contributed by atoms with Gasteiger partial charge >= 0.3 is 0 Å². The Hall–Kier alpha value is -0.580. The number of benzene rings is 1. The van der Waals surface area contributed by atoms with E-state index >= 15 is 0 Å². The lowest BCUT2D eigenvalue weighted by Crippen LogP contribution is -2.35. The van der Waals surface area contributed by atoms with Crippen LogP contribution < -0.4 is 0 Å². The highest BCUT2D eigenvalue weighted by Gasteiger charge is 2.36. The molecule has 20 heavy (non-hydrogen) atoms. The monoisotopic (exact) mass is 315 g/mol. The number of rotatable bonds is 8. The highest BCUT2D eigenvalue weighted by atomic mass is 35.5.